The fourth-order valence-corrected chi connectivity index (χ4v) is 1.85. The Labute approximate surface area is 79.2 Å². The van der Waals surface area contributed by atoms with Gasteiger partial charge < -0.3 is 14.8 Å². The molecule has 4 heteroatoms. The minimum absolute atomic E-state index is 0.381. The number of nitrogens with one attached hydrogen (secondary N) is 1. The lowest BCUT2D eigenvalue weighted by molar-refractivity contribution is -0.0644. The molecule has 4 nitrogen and oxygen atoms in total. The summed E-state index contributed by atoms with van der Waals surface area (Å²) in [6.07, 6.45) is 0.836. The number of rotatable bonds is 3. The van der Waals surface area contributed by atoms with Crippen molar-refractivity contribution in [2.75, 3.05) is 46.4 Å². The Hall–Kier alpha value is -0.160. The highest BCUT2D eigenvalue weighted by atomic mass is 16.5. The summed E-state index contributed by atoms with van der Waals surface area (Å²) >= 11 is 0. The maximum atomic E-state index is 5.61. The second-order valence-corrected chi connectivity index (χ2v) is 3.77. The van der Waals surface area contributed by atoms with E-state index in [0.29, 0.717) is 12.2 Å². The number of morpholine rings is 1. The molecule has 0 bridgehead atoms. The average molecular weight is 186 g/mol. The third-order valence-electron chi connectivity index (χ3n) is 2.72. The maximum Gasteiger partial charge on any atom is 0.0826 e. The number of hydrogen-bond donors (Lipinski definition) is 1. The monoisotopic (exact) mass is 186 g/mol. The molecule has 2 aliphatic rings. The molecule has 13 heavy (non-hydrogen) atoms. The summed E-state index contributed by atoms with van der Waals surface area (Å²) in [5.74, 6) is 0. The summed E-state index contributed by atoms with van der Waals surface area (Å²) < 4.78 is 10.8. The van der Waals surface area contributed by atoms with Gasteiger partial charge in [-0.1, -0.05) is 0 Å². The Bertz CT molecular complexity index is 154. The van der Waals surface area contributed by atoms with Crippen LogP contribution in [0.1, 0.15) is 0 Å². The Morgan fingerprint density at radius 1 is 1.54 bits per heavy atom. The van der Waals surface area contributed by atoms with E-state index >= 15 is 0 Å². The van der Waals surface area contributed by atoms with Crippen LogP contribution in [0.4, 0.5) is 0 Å². The van der Waals surface area contributed by atoms with Gasteiger partial charge in [-0.3, -0.25) is 4.90 Å². The molecule has 0 aromatic carbocycles. The smallest absolute Gasteiger partial charge is 0.0826 e. The van der Waals surface area contributed by atoms with Gasteiger partial charge in [0.05, 0.1) is 18.8 Å². The van der Waals surface area contributed by atoms with Gasteiger partial charge in [-0.05, 0) is 0 Å². The van der Waals surface area contributed by atoms with Crippen LogP contribution in [0.2, 0.25) is 0 Å². The summed E-state index contributed by atoms with van der Waals surface area (Å²) in [6, 6.07) is 0. The van der Waals surface area contributed by atoms with Crippen LogP contribution >= 0.6 is 0 Å². The molecule has 0 amide bonds. The highest BCUT2D eigenvalue weighted by Crippen LogP contribution is 2.12. The van der Waals surface area contributed by atoms with Gasteiger partial charge in [0, 0.05) is 39.8 Å². The van der Waals surface area contributed by atoms with E-state index in [0.717, 1.165) is 39.3 Å². The first-order valence-corrected chi connectivity index (χ1v) is 4.96. The molecule has 1 unspecified atom stereocenters. The zero-order valence-electron chi connectivity index (χ0n) is 8.16. The highest BCUT2D eigenvalue weighted by Gasteiger charge is 2.28. The van der Waals surface area contributed by atoms with Crippen LogP contribution in [0.25, 0.3) is 0 Å². The number of nitrogens with zero attached hydrogens (tertiary/aromatic N) is 1. The molecule has 76 valence electrons. The molecule has 2 saturated heterocycles. The van der Waals surface area contributed by atoms with E-state index in [1.54, 1.807) is 7.11 Å². The van der Waals surface area contributed by atoms with Crippen LogP contribution in [-0.4, -0.2) is 63.5 Å². The van der Waals surface area contributed by atoms with Gasteiger partial charge in [0.15, 0.2) is 0 Å². The summed E-state index contributed by atoms with van der Waals surface area (Å²) in [5.41, 5.74) is 0. The molecule has 0 saturated carbocycles. The largest absolute Gasteiger partial charge is 0.379 e. The number of likely N-dealkylation sites (tertiary alicyclic amines) is 1. The van der Waals surface area contributed by atoms with Crippen LogP contribution in [0, 0.1) is 0 Å². The van der Waals surface area contributed by atoms with Crippen LogP contribution in [0.3, 0.4) is 0 Å². The molecule has 0 aromatic heterocycles. The van der Waals surface area contributed by atoms with Crippen molar-refractivity contribution in [3.05, 3.63) is 0 Å². The Kier molecular flexibility index (Phi) is 3.16. The van der Waals surface area contributed by atoms with Gasteiger partial charge in [-0.2, -0.15) is 0 Å². The first-order valence-electron chi connectivity index (χ1n) is 4.96. The summed E-state index contributed by atoms with van der Waals surface area (Å²) in [6.45, 7) is 6.02. The van der Waals surface area contributed by atoms with Crippen molar-refractivity contribution in [3.63, 3.8) is 0 Å². The van der Waals surface area contributed by atoms with Crippen molar-refractivity contribution < 1.29 is 9.47 Å². The fraction of sp³-hybridized carbons (Fsp3) is 1.00. The fourth-order valence-electron chi connectivity index (χ4n) is 1.85. The second-order valence-electron chi connectivity index (χ2n) is 3.77. The molecule has 0 radical (unpaired) electrons. The normalized spacial score (nSPS) is 31.6. The van der Waals surface area contributed by atoms with Gasteiger partial charge >= 0.3 is 0 Å². The Morgan fingerprint density at radius 2 is 2.38 bits per heavy atom. The van der Waals surface area contributed by atoms with Crippen molar-refractivity contribution in [2.45, 2.75) is 12.2 Å². The molecule has 2 rings (SSSR count). The molecular weight excluding hydrogens is 168 g/mol. The first-order chi connectivity index (χ1) is 6.38. The standard InChI is InChI=1S/C9H18N2O2/c1-12-9-6-11(7-9)5-8-4-10-2-3-13-8/h8-10H,2-7H2,1H3. The average Bonchev–Trinajstić information content (AvgIpc) is 2.12. The Morgan fingerprint density at radius 3 is 3.00 bits per heavy atom. The van der Waals surface area contributed by atoms with E-state index in [1.165, 1.54) is 0 Å². The molecule has 2 heterocycles. The molecule has 2 aliphatic heterocycles. The van der Waals surface area contributed by atoms with Crippen LogP contribution in [-0.2, 0) is 9.47 Å². The minimum atomic E-state index is 0.381. The van der Waals surface area contributed by atoms with E-state index in [2.05, 4.69) is 10.2 Å². The molecule has 2 fully saturated rings. The predicted molar refractivity (Wildman–Crippen MR) is 49.8 cm³/mol. The minimum Gasteiger partial charge on any atom is -0.379 e. The molecule has 0 spiro atoms. The summed E-state index contributed by atoms with van der Waals surface area (Å²) in [7, 11) is 1.78. The van der Waals surface area contributed by atoms with E-state index in [-0.39, 0.29) is 0 Å². The summed E-state index contributed by atoms with van der Waals surface area (Å²) in [5, 5.41) is 3.33. The number of hydrogen-bond acceptors (Lipinski definition) is 4. The first kappa shape index (κ1) is 9.40. The molecular formula is C9H18N2O2. The topological polar surface area (TPSA) is 33.7 Å². The highest BCUT2D eigenvalue weighted by molar-refractivity contribution is 4.83. The summed E-state index contributed by atoms with van der Waals surface area (Å²) in [4.78, 5) is 2.38. The lowest BCUT2D eigenvalue weighted by Crippen LogP contribution is -2.56. The van der Waals surface area contributed by atoms with Crippen LogP contribution in [0.5, 0.6) is 0 Å². The predicted octanol–water partition coefficient (Wildman–Crippen LogP) is -0.695. The Balaban J connectivity index is 1.62. The number of ether oxygens (including phenoxy) is 2. The van der Waals surface area contributed by atoms with Crippen LogP contribution < -0.4 is 5.32 Å². The molecule has 1 atom stereocenters. The van der Waals surface area contributed by atoms with Crippen molar-refractivity contribution in [2.24, 2.45) is 0 Å². The van der Waals surface area contributed by atoms with Crippen molar-refractivity contribution >= 4 is 0 Å². The van der Waals surface area contributed by atoms with Crippen molar-refractivity contribution in [1.82, 2.24) is 10.2 Å². The van der Waals surface area contributed by atoms with E-state index in [9.17, 15) is 0 Å². The van der Waals surface area contributed by atoms with Gasteiger partial charge in [-0.25, -0.2) is 0 Å². The van der Waals surface area contributed by atoms with E-state index in [4.69, 9.17) is 9.47 Å². The third kappa shape index (κ3) is 2.40. The van der Waals surface area contributed by atoms with Gasteiger partial charge in [-0.15, -0.1) is 0 Å². The maximum absolute atomic E-state index is 5.61. The third-order valence-corrected chi connectivity index (χ3v) is 2.72. The van der Waals surface area contributed by atoms with Crippen LogP contribution in [0.15, 0.2) is 0 Å². The van der Waals surface area contributed by atoms with Gasteiger partial charge in [0.25, 0.3) is 0 Å². The number of methoxy groups -OCH3 is 1. The lowest BCUT2D eigenvalue weighted by atomic mass is 10.1. The zero-order valence-corrected chi connectivity index (χ0v) is 8.16. The lowest BCUT2D eigenvalue weighted by Gasteiger charge is -2.40. The molecule has 1 N–H and O–H groups in total. The molecule has 0 aromatic rings. The van der Waals surface area contributed by atoms with Gasteiger partial charge in [0.2, 0.25) is 0 Å². The van der Waals surface area contributed by atoms with E-state index < -0.39 is 0 Å². The zero-order chi connectivity index (χ0) is 9.10. The molecule has 0 aliphatic carbocycles. The van der Waals surface area contributed by atoms with Crippen molar-refractivity contribution in [3.8, 4) is 0 Å². The SMILES string of the molecule is COC1CN(CC2CNCCO2)C1. The van der Waals surface area contributed by atoms with E-state index in [1.807, 2.05) is 0 Å². The quantitative estimate of drug-likeness (QED) is 0.632. The van der Waals surface area contributed by atoms with Crippen molar-refractivity contribution in [1.29, 1.82) is 0 Å². The van der Waals surface area contributed by atoms with Gasteiger partial charge in [0.1, 0.15) is 0 Å². The second kappa shape index (κ2) is 4.37.